The number of nitrogens with one attached hydrogen (secondary N) is 1. The molecule has 0 amide bonds. The SMILES string of the molecule is Cc1[nH]cnc1-c1nccn1C1CCN(C2CCS(=O)(=O)CC2)CC1. The van der Waals surface area contributed by atoms with Crippen molar-refractivity contribution in [3.05, 3.63) is 24.4 Å². The molecule has 2 saturated heterocycles. The van der Waals surface area contributed by atoms with Crippen LogP contribution in [0.1, 0.15) is 37.4 Å². The summed E-state index contributed by atoms with van der Waals surface area (Å²) in [6.45, 7) is 4.06. The van der Waals surface area contributed by atoms with Crippen LogP contribution >= 0.6 is 0 Å². The number of rotatable bonds is 3. The van der Waals surface area contributed by atoms with Gasteiger partial charge in [0, 0.05) is 43.3 Å². The van der Waals surface area contributed by atoms with Gasteiger partial charge in [0.1, 0.15) is 15.5 Å². The minimum Gasteiger partial charge on any atom is -0.348 e. The summed E-state index contributed by atoms with van der Waals surface area (Å²) in [5.74, 6) is 1.63. The van der Waals surface area contributed by atoms with Crippen LogP contribution in [0, 0.1) is 6.92 Å². The second kappa shape index (κ2) is 6.57. The number of hydrogen-bond acceptors (Lipinski definition) is 5. The van der Waals surface area contributed by atoms with Crippen molar-refractivity contribution in [2.45, 2.75) is 44.7 Å². The first-order valence-electron chi connectivity index (χ1n) is 9.01. The van der Waals surface area contributed by atoms with E-state index in [1.165, 1.54) is 0 Å². The molecule has 0 radical (unpaired) electrons. The lowest BCUT2D eigenvalue weighted by atomic mass is 10.0. The highest BCUT2D eigenvalue weighted by Crippen LogP contribution is 2.30. The van der Waals surface area contributed by atoms with E-state index in [1.54, 1.807) is 6.33 Å². The minimum absolute atomic E-state index is 0.349. The standard InChI is InChI=1S/C17H25N5O2S/c1-13-16(20-12-19-13)17-18-6-9-22(17)15-2-7-21(8-3-15)14-4-10-25(23,24)11-5-14/h6,9,12,14-15H,2-5,7-8,10-11H2,1H3,(H,19,20). The molecule has 0 unspecified atom stereocenters. The highest BCUT2D eigenvalue weighted by Gasteiger charge is 2.31. The molecule has 2 aliphatic rings. The average Bonchev–Trinajstić information content (AvgIpc) is 3.23. The number of aromatic nitrogens is 4. The zero-order chi connectivity index (χ0) is 17.4. The van der Waals surface area contributed by atoms with Crippen LogP contribution in [0.15, 0.2) is 18.7 Å². The normalized spacial score (nSPS) is 23.1. The maximum absolute atomic E-state index is 11.6. The zero-order valence-electron chi connectivity index (χ0n) is 14.6. The second-order valence-electron chi connectivity index (χ2n) is 7.18. The van der Waals surface area contributed by atoms with Crippen LogP contribution in [0.5, 0.6) is 0 Å². The number of nitrogens with zero attached hydrogens (tertiary/aromatic N) is 4. The van der Waals surface area contributed by atoms with Gasteiger partial charge in [0.25, 0.3) is 0 Å². The summed E-state index contributed by atoms with van der Waals surface area (Å²) in [6.07, 6.45) is 9.32. The maximum Gasteiger partial charge on any atom is 0.160 e. The van der Waals surface area contributed by atoms with Crippen LogP contribution < -0.4 is 0 Å². The minimum atomic E-state index is -2.78. The molecular formula is C17H25N5O2S. The van der Waals surface area contributed by atoms with E-state index in [0.717, 1.165) is 56.0 Å². The van der Waals surface area contributed by atoms with Gasteiger partial charge in [0.15, 0.2) is 5.82 Å². The number of piperidine rings is 1. The van der Waals surface area contributed by atoms with Gasteiger partial charge < -0.3 is 14.5 Å². The van der Waals surface area contributed by atoms with Crippen LogP contribution in [0.3, 0.4) is 0 Å². The maximum atomic E-state index is 11.6. The van der Waals surface area contributed by atoms with Crippen LogP contribution in [-0.2, 0) is 9.84 Å². The first-order valence-corrected chi connectivity index (χ1v) is 10.8. The molecule has 0 saturated carbocycles. The van der Waals surface area contributed by atoms with Crippen LogP contribution in [0.25, 0.3) is 11.5 Å². The fourth-order valence-electron chi connectivity index (χ4n) is 4.15. The largest absolute Gasteiger partial charge is 0.348 e. The molecule has 0 bridgehead atoms. The Morgan fingerprint density at radius 2 is 1.80 bits per heavy atom. The number of aromatic amines is 1. The van der Waals surface area contributed by atoms with E-state index in [2.05, 4.69) is 30.6 Å². The Balaban J connectivity index is 1.42. The third-order valence-electron chi connectivity index (χ3n) is 5.64. The summed E-state index contributed by atoms with van der Waals surface area (Å²) in [6, 6.07) is 0.859. The van der Waals surface area contributed by atoms with E-state index in [-0.39, 0.29) is 0 Å². The summed E-state index contributed by atoms with van der Waals surface area (Å²) >= 11 is 0. The molecule has 0 spiro atoms. The predicted molar refractivity (Wildman–Crippen MR) is 96.1 cm³/mol. The van der Waals surface area contributed by atoms with E-state index in [1.807, 2.05) is 13.1 Å². The van der Waals surface area contributed by atoms with Crippen molar-refractivity contribution in [3.8, 4) is 11.5 Å². The summed E-state index contributed by atoms with van der Waals surface area (Å²) in [5, 5.41) is 0. The molecule has 2 aliphatic heterocycles. The molecule has 8 heteroatoms. The van der Waals surface area contributed by atoms with Gasteiger partial charge in [-0.1, -0.05) is 0 Å². The monoisotopic (exact) mass is 363 g/mol. The van der Waals surface area contributed by atoms with Gasteiger partial charge in [-0.15, -0.1) is 0 Å². The summed E-state index contributed by atoms with van der Waals surface area (Å²) in [5.41, 5.74) is 1.96. The van der Waals surface area contributed by atoms with Crippen molar-refractivity contribution < 1.29 is 8.42 Å². The van der Waals surface area contributed by atoms with Crippen molar-refractivity contribution in [3.63, 3.8) is 0 Å². The van der Waals surface area contributed by atoms with Crippen molar-refractivity contribution in [1.29, 1.82) is 0 Å². The van der Waals surface area contributed by atoms with Crippen molar-refractivity contribution >= 4 is 9.84 Å². The van der Waals surface area contributed by atoms with Gasteiger partial charge in [0.2, 0.25) is 0 Å². The summed E-state index contributed by atoms with van der Waals surface area (Å²) < 4.78 is 25.5. The van der Waals surface area contributed by atoms with Gasteiger partial charge in [-0.25, -0.2) is 18.4 Å². The average molecular weight is 363 g/mol. The zero-order valence-corrected chi connectivity index (χ0v) is 15.4. The number of likely N-dealkylation sites (tertiary alicyclic amines) is 1. The molecule has 0 aromatic carbocycles. The molecule has 136 valence electrons. The molecule has 25 heavy (non-hydrogen) atoms. The summed E-state index contributed by atoms with van der Waals surface area (Å²) in [4.78, 5) is 14.5. The lowest BCUT2D eigenvalue weighted by Crippen LogP contribution is -2.45. The first kappa shape index (κ1) is 16.8. The van der Waals surface area contributed by atoms with E-state index in [0.29, 0.717) is 23.6 Å². The predicted octanol–water partition coefficient (Wildman–Crippen LogP) is 1.80. The Morgan fingerprint density at radius 1 is 1.08 bits per heavy atom. The van der Waals surface area contributed by atoms with Crippen LogP contribution in [-0.4, -0.2) is 63.5 Å². The molecule has 4 heterocycles. The third kappa shape index (κ3) is 3.37. The van der Waals surface area contributed by atoms with E-state index >= 15 is 0 Å². The lowest BCUT2D eigenvalue weighted by molar-refractivity contribution is 0.127. The highest BCUT2D eigenvalue weighted by atomic mass is 32.2. The smallest absolute Gasteiger partial charge is 0.160 e. The van der Waals surface area contributed by atoms with Crippen LogP contribution in [0.2, 0.25) is 0 Å². The number of imidazole rings is 2. The van der Waals surface area contributed by atoms with Gasteiger partial charge in [0.05, 0.1) is 17.8 Å². The van der Waals surface area contributed by atoms with Crippen molar-refractivity contribution in [2.75, 3.05) is 24.6 Å². The quantitative estimate of drug-likeness (QED) is 0.899. The Morgan fingerprint density at radius 3 is 2.44 bits per heavy atom. The van der Waals surface area contributed by atoms with E-state index < -0.39 is 9.84 Å². The van der Waals surface area contributed by atoms with E-state index in [4.69, 9.17) is 0 Å². The molecule has 2 aromatic heterocycles. The molecule has 4 rings (SSSR count). The molecule has 1 N–H and O–H groups in total. The third-order valence-corrected chi connectivity index (χ3v) is 7.36. The van der Waals surface area contributed by atoms with Crippen molar-refractivity contribution in [2.24, 2.45) is 0 Å². The number of aryl methyl sites for hydroxylation is 1. The Kier molecular flexibility index (Phi) is 4.41. The molecule has 2 fully saturated rings. The van der Waals surface area contributed by atoms with Gasteiger partial charge >= 0.3 is 0 Å². The fourth-order valence-corrected chi connectivity index (χ4v) is 5.61. The lowest BCUT2D eigenvalue weighted by Gasteiger charge is -2.39. The number of hydrogen-bond donors (Lipinski definition) is 1. The first-order chi connectivity index (χ1) is 12.0. The summed E-state index contributed by atoms with van der Waals surface area (Å²) in [7, 11) is -2.78. The highest BCUT2D eigenvalue weighted by molar-refractivity contribution is 7.91. The Hall–Kier alpha value is -1.67. The Bertz CT molecular complexity index is 819. The molecule has 0 atom stereocenters. The topological polar surface area (TPSA) is 83.9 Å². The number of sulfone groups is 1. The molecule has 2 aromatic rings. The van der Waals surface area contributed by atoms with Crippen molar-refractivity contribution in [1.82, 2.24) is 24.4 Å². The van der Waals surface area contributed by atoms with E-state index in [9.17, 15) is 8.42 Å². The molecule has 7 nitrogen and oxygen atoms in total. The second-order valence-corrected chi connectivity index (χ2v) is 9.49. The molecular weight excluding hydrogens is 338 g/mol. The fraction of sp³-hybridized carbons (Fsp3) is 0.647. The van der Waals surface area contributed by atoms with Crippen LogP contribution in [0.4, 0.5) is 0 Å². The van der Waals surface area contributed by atoms with Gasteiger partial charge in [-0.05, 0) is 32.6 Å². The molecule has 0 aliphatic carbocycles. The Labute approximate surface area is 148 Å². The van der Waals surface area contributed by atoms with Gasteiger partial charge in [-0.2, -0.15) is 0 Å². The number of H-pyrrole nitrogens is 1. The van der Waals surface area contributed by atoms with Gasteiger partial charge in [-0.3, -0.25) is 0 Å².